The van der Waals surface area contributed by atoms with Crippen LogP contribution in [-0.2, 0) is 7.05 Å². The van der Waals surface area contributed by atoms with Crippen LogP contribution in [0.1, 0.15) is 33.3 Å². The number of carbonyl (C=O) groups is 2. The predicted octanol–water partition coefficient (Wildman–Crippen LogP) is 2.87. The molecule has 184 valence electrons. The van der Waals surface area contributed by atoms with Crippen molar-refractivity contribution >= 4 is 28.7 Å². The Hall–Kier alpha value is -5.00. The van der Waals surface area contributed by atoms with E-state index in [-0.39, 0.29) is 28.4 Å². The van der Waals surface area contributed by atoms with Crippen LogP contribution in [0.4, 0.5) is 10.1 Å². The largest absolute Gasteiger partial charge is 0.434 e. The number of benzene rings is 1. The van der Waals surface area contributed by atoms with Gasteiger partial charge in [-0.2, -0.15) is 10.1 Å². The number of fused-ring (bicyclic) bond motifs is 1. The van der Waals surface area contributed by atoms with Crippen molar-refractivity contribution in [3.8, 4) is 11.6 Å². The SMILES string of the molecule is C=C(C=CC)n1c(=O)c(C(=O)Nc2ccc(Oc3ncnn4cc(C(N)=O)cc34)c(F)c2)c(C)n1C. The number of allylic oxidation sites excluding steroid dienone is 3. The summed E-state index contributed by atoms with van der Waals surface area (Å²) in [7, 11) is 1.63. The number of anilines is 1. The van der Waals surface area contributed by atoms with Crippen LogP contribution in [0.15, 0.2) is 60.3 Å². The quantitative estimate of drug-likeness (QED) is 0.381. The lowest BCUT2D eigenvalue weighted by atomic mass is 10.2. The second-order valence-electron chi connectivity index (χ2n) is 7.78. The molecule has 36 heavy (non-hydrogen) atoms. The number of nitrogens with one attached hydrogen (secondary N) is 1. The first-order valence-electron chi connectivity index (χ1n) is 10.6. The summed E-state index contributed by atoms with van der Waals surface area (Å²) in [6, 6.07) is 5.18. The van der Waals surface area contributed by atoms with Gasteiger partial charge in [0.25, 0.3) is 11.5 Å². The molecule has 0 atom stereocenters. The smallest absolute Gasteiger partial charge is 0.284 e. The Morgan fingerprint density at radius 2 is 2.03 bits per heavy atom. The number of ether oxygens (including phenoxy) is 1. The first-order chi connectivity index (χ1) is 17.1. The summed E-state index contributed by atoms with van der Waals surface area (Å²) in [5.74, 6) is -2.34. The fourth-order valence-corrected chi connectivity index (χ4v) is 3.64. The summed E-state index contributed by atoms with van der Waals surface area (Å²) in [4.78, 5) is 41.2. The molecule has 2 amide bonds. The van der Waals surface area contributed by atoms with Crippen LogP contribution in [0.5, 0.6) is 11.6 Å². The molecule has 3 heterocycles. The Morgan fingerprint density at radius 3 is 2.69 bits per heavy atom. The van der Waals surface area contributed by atoms with E-state index < -0.39 is 23.2 Å². The molecule has 0 fully saturated rings. The minimum Gasteiger partial charge on any atom is -0.434 e. The number of nitrogens with zero attached hydrogens (tertiary/aromatic N) is 5. The molecule has 4 aromatic rings. The summed E-state index contributed by atoms with van der Waals surface area (Å²) in [6.45, 7) is 7.25. The highest BCUT2D eigenvalue weighted by Gasteiger charge is 2.23. The summed E-state index contributed by atoms with van der Waals surface area (Å²) in [6.07, 6.45) is 5.95. The summed E-state index contributed by atoms with van der Waals surface area (Å²) in [5, 5.41) is 6.50. The van der Waals surface area contributed by atoms with Gasteiger partial charge in [0.15, 0.2) is 11.6 Å². The number of nitrogens with two attached hydrogens (primary N) is 1. The number of primary amides is 1. The second-order valence-corrected chi connectivity index (χ2v) is 7.78. The van der Waals surface area contributed by atoms with Crippen molar-refractivity contribution in [1.82, 2.24) is 24.0 Å². The number of hydrogen-bond donors (Lipinski definition) is 2. The van der Waals surface area contributed by atoms with E-state index in [1.54, 1.807) is 33.0 Å². The van der Waals surface area contributed by atoms with E-state index in [4.69, 9.17) is 10.5 Å². The monoisotopic (exact) mass is 491 g/mol. The number of halogens is 1. The lowest BCUT2D eigenvalue weighted by Gasteiger charge is -2.09. The van der Waals surface area contributed by atoms with Gasteiger partial charge in [-0.15, -0.1) is 0 Å². The van der Waals surface area contributed by atoms with Gasteiger partial charge in [-0.1, -0.05) is 12.7 Å². The van der Waals surface area contributed by atoms with Crippen molar-refractivity contribution in [3.05, 3.63) is 88.5 Å². The maximum absolute atomic E-state index is 14.8. The van der Waals surface area contributed by atoms with Crippen molar-refractivity contribution < 1.29 is 18.7 Å². The zero-order chi connectivity index (χ0) is 26.1. The van der Waals surface area contributed by atoms with Crippen LogP contribution in [0.2, 0.25) is 0 Å². The molecule has 0 aliphatic rings. The molecule has 1 aromatic carbocycles. The van der Waals surface area contributed by atoms with Gasteiger partial charge in [-0.25, -0.2) is 13.6 Å². The summed E-state index contributed by atoms with van der Waals surface area (Å²) in [5.41, 5.74) is 6.06. The summed E-state index contributed by atoms with van der Waals surface area (Å²) < 4.78 is 24.6. The zero-order valence-corrected chi connectivity index (χ0v) is 19.7. The first-order valence-corrected chi connectivity index (χ1v) is 10.6. The highest BCUT2D eigenvalue weighted by atomic mass is 19.1. The molecule has 0 bridgehead atoms. The Labute approximate surface area is 203 Å². The minimum absolute atomic E-state index is 0.00463. The van der Waals surface area contributed by atoms with Crippen molar-refractivity contribution in [2.75, 3.05) is 5.32 Å². The van der Waals surface area contributed by atoms with Crippen LogP contribution >= 0.6 is 0 Å². The standard InChI is InChI=1S/C24H22FN7O4/c1-5-6-13(2)32-24(35)20(14(3)30(32)4)22(34)29-16-7-8-19(17(25)10-16)36-23-18-9-15(21(26)33)11-31(18)28-12-27-23/h5-12H,2H2,1,3-4H3,(H2,26,33)(H,29,34). The van der Waals surface area contributed by atoms with E-state index in [9.17, 15) is 18.8 Å². The van der Waals surface area contributed by atoms with Gasteiger partial charge in [-0.05, 0) is 38.1 Å². The highest BCUT2D eigenvalue weighted by Crippen LogP contribution is 2.28. The van der Waals surface area contributed by atoms with Gasteiger partial charge in [0, 0.05) is 25.0 Å². The topological polar surface area (TPSA) is 139 Å². The van der Waals surface area contributed by atoms with Gasteiger partial charge in [0.1, 0.15) is 17.4 Å². The molecule has 3 aromatic heterocycles. The maximum Gasteiger partial charge on any atom is 0.284 e. The van der Waals surface area contributed by atoms with Crippen LogP contribution in [0.25, 0.3) is 11.2 Å². The third-order valence-electron chi connectivity index (χ3n) is 5.46. The van der Waals surface area contributed by atoms with Gasteiger partial charge in [0.05, 0.1) is 17.0 Å². The van der Waals surface area contributed by atoms with E-state index >= 15 is 0 Å². The first kappa shape index (κ1) is 24.1. The zero-order valence-electron chi connectivity index (χ0n) is 19.7. The Balaban J connectivity index is 1.59. The minimum atomic E-state index is -0.796. The maximum atomic E-state index is 14.8. The molecule has 11 nitrogen and oxygen atoms in total. The molecule has 4 rings (SSSR count). The van der Waals surface area contributed by atoms with Crippen molar-refractivity contribution in [2.45, 2.75) is 13.8 Å². The molecule has 0 saturated carbocycles. The highest BCUT2D eigenvalue weighted by molar-refractivity contribution is 6.05. The van der Waals surface area contributed by atoms with Crippen LogP contribution in [0.3, 0.4) is 0 Å². The van der Waals surface area contributed by atoms with E-state index in [0.717, 1.165) is 6.07 Å². The molecule has 0 aliphatic carbocycles. The van der Waals surface area contributed by atoms with Crippen molar-refractivity contribution in [2.24, 2.45) is 12.8 Å². The van der Waals surface area contributed by atoms with E-state index in [1.807, 2.05) is 0 Å². The fraction of sp³-hybridized carbons (Fsp3) is 0.125. The molecule has 0 radical (unpaired) electrons. The molecular formula is C24H22FN7O4. The molecule has 0 unspecified atom stereocenters. The molecule has 12 heteroatoms. The Morgan fingerprint density at radius 1 is 1.28 bits per heavy atom. The van der Waals surface area contributed by atoms with Crippen LogP contribution < -0.4 is 21.3 Å². The average molecular weight is 491 g/mol. The normalized spacial score (nSPS) is 11.2. The van der Waals surface area contributed by atoms with Gasteiger partial charge < -0.3 is 15.8 Å². The van der Waals surface area contributed by atoms with Crippen molar-refractivity contribution in [1.29, 1.82) is 0 Å². The predicted molar refractivity (Wildman–Crippen MR) is 130 cm³/mol. The van der Waals surface area contributed by atoms with E-state index in [1.165, 1.54) is 44.6 Å². The molecule has 0 saturated heterocycles. The number of carbonyl (C=O) groups excluding carboxylic acids is 2. The van der Waals surface area contributed by atoms with Crippen LogP contribution in [-0.4, -0.2) is 35.8 Å². The lowest BCUT2D eigenvalue weighted by Crippen LogP contribution is -2.25. The molecule has 0 spiro atoms. The molecular weight excluding hydrogens is 469 g/mol. The fourth-order valence-electron chi connectivity index (χ4n) is 3.64. The Bertz CT molecular complexity index is 1630. The lowest BCUT2D eigenvalue weighted by molar-refractivity contribution is 0.0997. The average Bonchev–Trinajstić information content (AvgIpc) is 3.35. The van der Waals surface area contributed by atoms with Crippen molar-refractivity contribution in [3.63, 3.8) is 0 Å². The van der Waals surface area contributed by atoms with Gasteiger partial charge >= 0.3 is 0 Å². The summed E-state index contributed by atoms with van der Waals surface area (Å²) >= 11 is 0. The number of aromatic nitrogens is 5. The molecule has 3 N–H and O–H groups in total. The number of amides is 2. The number of hydrogen-bond acceptors (Lipinski definition) is 6. The Kier molecular flexibility index (Phi) is 6.26. The van der Waals surface area contributed by atoms with Crippen LogP contribution in [0, 0.1) is 12.7 Å². The third kappa shape index (κ3) is 4.27. The van der Waals surface area contributed by atoms with E-state index in [2.05, 4.69) is 22.0 Å². The van der Waals surface area contributed by atoms with Gasteiger partial charge in [0.2, 0.25) is 11.8 Å². The second kappa shape index (κ2) is 9.33. The molecule has 0 aliphatic heterocycles. The van der Waals surface area contributed by atoms with E-state index in [0.29, 0.717) is 16.9 Å². The van der Waals surface area contributed by atoms with Gasteiger partial charge in [-0.3, -0.25) is 19.1 Å². The third-order valence-corrected chi connectivity index (χ3v) is 5.46. The number of rotatable bonds is 7.